The molecule has 5 aromatic carbocycles. The van der Waals surface area contributed by atoms with E-state index >= 15 is 0 Å². The predicted molar refractivity (Wildman–Crippen MR) is 175 cm³/mol. The van der Waals surface area contributed by atoms with Gasteiger partial charge in [0.05, 0.1) is 6.54 Å². The maximum absolute atomic E-state index is 5.00. The number of aliphatic imine (C=N–C) groups is 3. The average Bonchev–Trinajstić information content (AvgIpc) is 3.06. The molecule has 198 valence electrons. The fraction of sp³-hybridized carbons (Fsp3) is 0.0789. The van der Waals surface area contributed by atoms with Crippen LogP contribution in [0.15, 0.2) is 160 Å². The lowest BCUT2D eigenvalue weighted by Crippen LogP contribution is -2.06. The number of fused-ring (bicyclic) bond motifs is 1. The minimum atomic E-state index is 0.556. The van der Waals surface area contributed by atoms with E-state index in [1.807, 2.05) is 30.3 Å². The van der Waals surface area contributed by atoms with E-state index in [4.69, 9.17) is 9.98 Å². The Bertz CT molecular complexity index is 1810. The van der Waals surface area contributed by atoms with Crippen molar-refractivity contribution in [3.8, 4) is 22.3 Å². The zero-order valence-corrected chi connectivity index (χ0v) is 22.9. The van der Waals surface area contributed by atoms with Crippen molar-refractivity contribution in [3.05, 3.63) is 156 Å². The van der Waals surface area contributed by atoms with Crippen LogP contribution in [-0.4, -0.2) is 24.9 Å². The second-order valence-electron chi connectivity index (χ2n) is 10.0. The molecule has 0 aliphatic heterocycles. The molecule has 0 bridgehead atoms. The number of hydrogen-bond acceptors (Lipinski definition) is 1. The van der Waals surface area contributed by atoms with Gasteiger partial charge < -0.3 is 0 Å². The first-order chi connectivity index (χ1) is 20.3. The summed E-state index contributed by atoms with van der Waals surface area (Å²) < 4.78 is 0. The minimum absolute atomic E-state index is 0.556. The molecular formula is C38H31N3. The Labute approximate surface area is 241 Å². The molecule has 0 atom stereocenters. The zero-order valence-electron chi connectivity index (χ0n) is 22.9. The van der Waals surface area contributed by atoms with Gasteiger partial charge in [0.25, 0.3) is 0 Å². The lowest BCUT2D eigenvalue weighted by atomic mass is 9.91. The van der Waals surface area contributed by atoms with E-state index in [9.17, 15) is 0 Å². The van der Waals surface area contributed by atoms with E-state index in [-0.39, 0.29) is 0 Å². The van der Waals surface area contributed by atoms with E-state index in [1.54, 1.807) is 0 Å². The summed E-state index contributed by atoms with van der Waals surface area (Å²) >= 11 is 0. The Kier molecular flexibility index (Phi) is 7.86. The fourth-order valence-electron chi connectivity index (χ4n) is 5.27. The summed E-state index contributed by atoms with van der Waals surface area (Å²) in [5.74, 6) is 1.20. The van der Waals surface area contributed by atoms with Crippen LogP contribution in [0.2, 0.25) is 0 Å². The molecule has 0 aromatic heterocycles. The number of nitrogens with zero attached hydrogens (tertiary/aromatic N) is 3. The second-order valence-corrected chi connectivity index (χ2v) is 10.0. The standard InChI is InChI=1S/C38H31N3/c1-39-37(30-18-9-4-10-19-30)41-38(40-27-28-14-5-2-6-15-28)32-21-13-20-31(26-32)34-25-24-33(29-16-7-3-8-17-29)35-22-11-12-23-36(34)35/h3-5,7-26H,1-2,6,27H2/b40-38-,41-37-. The first-order valence-corrected chi connectivity index (χ1v) is 14.0. The summed E-state index contributed by atoms with van der Waals surface area (Å²) in [6, 6.07) is 42.1. The quantitative estimate of drug-likeness (QED) is 0.155. The third-order valence-corrected chi connectivity index (χ3v) is 7.32. The molecule has 5 aromatic rings. The van der Waals surface area contributed by atoms with Gasteiger partial charge in [0.1, 0.15) is 0 Å². The van der Waals surface area contributed by atoms with Gasteiger partial charge in [-0.05, 0) is 64.2 Å². The van der Waals surface area contributed by atoms with Gasteiger partial charge in [0.15, 0.2) is 11.7 Å². The highest BCUT2D eigenvalue weighted by atomic mass is 15.0. The van der Waals surface area contributed by atoms with Crippen LogP contribution in [0, 0.1) is 0 Å². The summed E-state index contributed by atoms with van der Waals surface area (Å²) in [7, 11) is 0. The van der Waals surface area contributed by atoms with Gasteiger partial charge in [-0.2, -0.15) is 0 Å². The molecule has 0 fully saturated rings. The van der Waals surface area contributed by atoms with Gasteiger partial charge in [-0.15, -0.1) is 0 Å². The van der Waals surface area contributed by atoms with Crippen molar-refractivity contribution in [3.63, 3.8) is 0 Å². The average molecular weight is 530 g/mol. The van der Waals surface area contributed by atoms with E-state index in [1.165, 1.54) is 33.0 Å². The molecule has 0 saturated carbocycles. The van der Waals surface area contributed by atoms with Gasteiger partial charge >= 0.3 is 0 Å². The molecule has 0 radical (unpaired) electrons. The molecule has 6 rings (SSSR count). The minimum Gasteiger partial charge on any atom is -0.261 e. The summed E-state index contributed by atoms with van der Waals surface area (Å²) in [5, 5.41) is 2.44. The highest BCUT2D eigenvalue weighted by Crippen LogP contribution is 2.36. The van der Waals surface area contributed by atoms with Crippen LogP contribution < -0.4 is 0 Å². The molecule has 0 amide bonds. The summed E-state index contributed by atoms with van der Waals surface area (Å²) in [6.45, 7) is 4.37. The van der Waals surface area contributed by atoms with Crippen molar-refractivity contribution in [2.75, 3.05) is 6.54 Å². The van der Waals surface area contributed by atoms with Crippen LogP contribution in [0.25, 0.3) is 33.0 Å². The number of benzene rings is 5. The topological polar surface area (TPSA) is 37.1 Å². The van der Waals surface area contributed by atoms with Crippen LogP contribution in [0.5, 0.6) is 0 Å². The first kappa shape index (κ1) is 26.1. The smallest absolute Gasteiger partial charge is 0.161 e. The van der Waals surface area contributed by atoms with Gasteiger partial charge in [-0.25, -0.2) is 9.98 Å². The molecule has 0 saturated heterocycles. The molecular weight excluding hydrogens is 498 g/mol. The van der Waals surface area contributed by atoms with Crippen LogP contribution in [0.1, 0.15) is 24.0 Å². The van der Waals surface area contributed by atoms with Gasteiger partial charge in [0, 0.05) is 11.1 Å². The molecule has 0 heterocycles. The van der Waals surface area contributed by atoms with Crippen molar-refractivity contribution in [2.45, 2.75) is 12.8 Å². The molecule has 0 spiro atoms. The van der Waals surface area contributed by atoms with Crippen molar-refractivity contribution in [1.29, 1.82) is 0 Å². The van der Waals surface area contributed by atoms with Crippen LogP contribution >= 0.6 is 0 Å². The molecule has 3 nitrogen and oxygen atoms in total. The highest BCUT2D eigenvalue weighted by molar-refractivity contribution is 6.13. The van der Waals surface area contributed by atoms with Gasteiger partial charge in [0.2, 0.25) is 0 Å². The van der Waals surface area contributed by atoms with E-state index < -0.39 is 0 Å². The number of amidine groups is 2. The summed E-state index contributed by atoms with van der Waals surface area (Å²) in [6.07, 6.45) is 8.75. The van der Waals surface area contributed by atoms with E-state index in [0.29, 0.717) is 18.2 Å². The zero-order chi connectivity index (χ0) is 27.9. The normalized spacial score (nSPS) is 13.7. The first-order valence-electron chi connectivity index (χ1n) is 14.0. The Morgan fingerprint density at radius 2 is 1.24 bits per heavy atom. The van der Waals surface area contributed by atoms with Gasteiger partial charge in [-0.3, -0.25) is 4.99 Å². The molecule has 3 heteroatoms. The number of hydrogen-bond donors (Lipinski definition) is 0. The Balaban J connectivity index is 1.45. The fourth-order valence-corrected chi connectivity index (χ4v) is 5.27. The maximum atomic E-state index is 5.00. The molecule has 41 heavy (non-hydrogen) atoms. The monoisotopic (exact) mass is 529 g/mol. The second kappa shape index (κ2) is 12.4. The lowest BCUT2D eigenvalue weighted by molar-refractivity contribution is 0.994. The van der Waals surface area contributed by atoms with Crippen molar-refractivity contribution < 1.29 is 0 Å². The molecule has 0 unspecified atom stereocenters. The molecule has 0 N–H and O–H groups in total. The van der Waals surface area contributed by atoms with E-state index in [2.05, 4.69) is 121 Å². The van der Waals surface area contributed by atoms with Crippen molar-refractivity contribution in [2.24, 2.45) is 15.0 Å². The highest BCUT2D eigenvalue weighted by Gasteiger charge is 2.12. The van der Waals surface area contributed by atoms with Gasteiger partial charge in [-0.1, -0.05) is 133 Å². The Morgan fingerprint density at radius 3 is 1.93 bits per heavy atom. The Hall–Kier alpha value is -5.15. The predicted octanol–water partition coefficient (Wildman–Crippen LogP) is 9.34. The lowest BCUT2D eigenvalue weighted by Gasteiger charge is -2.13. The molecule has 1 aliphatic rings. The molecule has 1 aliphatic carbocycles. The number of rotatable bonds is 6. The third-order valence-electron chi connectivity index (χ3n) is 7.32. The largest absolute Gasteiger partial charge is 0.261 e. The number of allylic oxidation sites excluding steroid dienone is 2. The van der Waals surface area contributed by atoms with Crippen LogP contribution in [-0.2, 0) is 0 Å². The third kappa shape index (κ3) is 5.90. The van der Waals surface area contributed by atoms with Crippen molar-refractivity contribution in [1.82, 2.24) is 0 Å². The van der Waals surface area contributed by atoms with Crippen molar-refractivity contribution >= 4 is 29.2 Å². The Morgan fingerprint density at radius 1 is 0.610 bits per heavy atom. The maximum Gasteiger partial charge on any atom is 0.161 e. The van der Waals surface area contributed by atoms with Crippen LogP contribution in [0.4, 0.5) is 0 Å². The summed E-state index contributed by atoms with van der Waals surface area (Å²) in [4.78, 5) is 14.2. The summed E-state index contributed by atoms with van der Waals surface area (Å²) in [5.41, 5.74) is 7.78. The van der Waals surface area contributed by atoms with Crippen LogP contribution in [0.3, 0.4) is 0 Å². The van der Waals surface area contributed by atoms with E-state index in [0.717, 1.165) is 29.5 Å². The SMILES string of the molecule is C=N/C(=N\C(=N/CC1=CCCC=C1)c1cccc(-c2ccc(-c3ccccc3)c3ccccc23)c1)c1ccccc1.